The highest BCUT2D eigenvalue weighted by Gasteiger charge is 2.26. The average molecular weight is 449 g/mol. The summed E-state index contributed by atoms with van der Waals surface area (Å²) in [6, 6.07) is 8.74. The van der Waals surface area contributed by atoms with Gasteiger partial charge in [-0.3, -0.25) is 19.8 Å². The highest BCUT2D eigenvalue weighted by Crippen LogP contribution is 2.33. The third-order valence-electron chi connectivity index (χ3n) is 4.80. The Balaban J connectivity index is 0.00000320. The van der Waals surface area contributed by atoms with Crippen molar-refractivity contribution in [1.29, 1.82) is 0 Å². The zero-order chi connectivity index (χ0) is 21.3. The maximum atomic E-state index is 13.4. The summed E-state index contributed by atoms with van der Waals surface area (Å²) >= 11 is 1.47. The Morgan fingerprint density at radius 1 is 1.17 bits per heavy atom. The van der Waals surface area contributed by atoms with Gasteiger partial charge in [-0.25, -0.2) is 4.98 Å². The van der Waals surface area contributed by atoms with Crippen molar-refractivity contribution in [2.24, 2.45) is 0 Å². The number of fused-ring (bicyclic) bond motifs is 1. The van der Waals surface area contributed by atoms with Crippen LogP contribution in [0.3, 0.4) is 0 Å². The number of benzene rings is 2. The molecular formula is C21H25ClN4O3S. The fourth-order valence-corrected chi connectivity index (χ4v) is 4.42. The fourth-order valence-electron chi connectivity index (χ4n) is 3.26. The molecule has 1 heterocycles. The molecule has 0 spiro atoms. The summed E-state index contributed by atoms with van der Waals surface area (Å²) in [6.45, 7) is 6.74. The van der Waals surface area contributed by atoms with E-state index in [4.69, 9.17) is 4.98 Å². The molecule has 0 aliphatic rings. The topological polar surface area (TPSA) is 79.6 Å². The number of aryl methyl sites for hydroxylation is 2. The number of amides is 1. The zero-order valence-electron chi connectivity index (χ0n) is 17.6. The monoisotopic (exact) mass is 448 g/mol. The van der Waals surface area contributed by atoms with E-state index in [9.17, 15) is 14.9 Å². The first kappa shape index (κ1) is 23.7. The van der Waals surface area contributed by atoms with Gasteiger partial charge in [-0.15, -0.1) is 12.4 Å². The van der Waals surface area contributed by atoms with Gasteiger partial charge in [-0.2, -0.15) is 0 Å². The number of carbonyl (C=O) groups is 1. The number of thiazole rings is 1. The average Bonchev–Trinajstić information content (AvgIpc) is 3.05. The zero-order valence-corrected chi connectivity index (χ0v) is 19.3. The molecule has 7 nitrogen and oxygen atoms in total. The second-order valence-electron chi connectivity index (χ2n) is 7.39. The van der Waals surface area contributed by atoms with E-state index in [1.807, 2.05) is 32.8 Å². The van der Waals surface area contributed by atoms with E-state index in [2.05, 4.69) is 12.1 Å². The van der Waals surface area contributed by atoms with Crippen molar-refractivity contribution in [1.82, 2.24) is 9.88 Å². The summed E-state index contributed by atoms with van der Waals surface area (Å²) in [5.74, 6) is -0.276. The van der Waals surface area contributed by atoms with Crippen molar-refractivity contribution in [3.63, 3.8) is 0 Å². The van der Waals surface area contributed by atoms with Gasteiger partial charge in [0.2, 0.25) is 0 Å². The second kappa shape index (κ2) is 9.51. The number of anilines is 1. The molecule has 3 aromatic rings. The van der Waals surface area contributed by atoms with Crippen LogP contribution in [-0.4, -0.2) is 47.9 Å². The Kier molecular flexibility index (Phi) is 7.52. The molecule has 0 aliphatic heterocycles. The van der Waals surface area contributed by atoms with Gasteiger partial charge < -0.3 is 4.90 Å². The minimum atomic E-state index is -0.458. The molecule has 0 saturated heterocycles. The molecule has 3 rings (SSSR count). The highest BCUT2D eigenvalue weighted by molar-refractivity contribution is 7.22. The van der Waals surface area contributed by atoms with E-state index in [0.717, 1.165) is 21.3 Å². The molecule has 1 aromatic heterocycles. The predicted molar refractivity (Wildman–Crippen MR) is 124 cm³/mol. The van der Waals surface area contributed by atoms with Gasteiger partial charge >= 0.3 is 0 Å². The lowest BCUT2D eigenvalue weighted by atomic mass is 10.1. The number of rotatable bonds is 6. The SMILES string of the molecule is Cc1cc(C)c2nc(N(CCN(C)C)C(=O)c3cccc([N+](=O)[O-])c3C)sc2c1.Cl. The van der Waals surface area contributed by atoms with Crippen LogP contribution in [0, 0.1) is 30.9 Å². The Bertz CT molecular complexity index is 1100. The lowest BCUT2D eigenvalue weighted by Crippen LogP contribution is -2.37. The third kappa shape index (κ3) is 4.77. The van der Waals surface area contributed by atoms with E-state index in [-0.39, 0.29) is 24.0 Å². The Labute approximate surface area is 185 Å². The van der Waals surface area contributed by atoms with Crippen molar-refractivity contribution in [3.05, 3.63) is 62.7 Å². The highest BCUT2D eigenvalue weighted by atomic mass is 35.5. The molecule has 0 fully saturated rings. The Morgan fingerprint density at radius 3 is 2.50 bits per heavy atom. The van der Waals surface area contributed by atoms with Crippen LogP contribution < -0.4 is 4.90 Å². The molecule has 0 saturated carbocycles. The van der Waals surface area contributed by atoms with Crippen LogP contribution in [0.5, 0.6) is 0 Å². The summed E-state index contributed by atoms with van der Waals surface area (Å²) in [6.07, 6.45) is 0. The molecule has 0 bridgehead atoms. The summed E-state index contributed by atoms with van der Waals surface area (Å²) in [5.41, 5.74) is 3.73. The number of aromatic nitrogens is 1. The van der Waals surface area contributed by atoms with Crippen LogP contribution in [0.15, 0.2) is 30.3 Å². The van der Waals surface area contributed by atoms with Gasteiger partial charge in [-0.1, -0.05) is 23.5 Å². The summed E-state index contributed by atoms with van der Waals surface area (Å²) in [7, 11) is 3.88. The fraction of sp³-hybridized carbons (Fsp3) is 0.333. The second-order valence-corrected chi connectivity index (χ2v) is 8.40. The molecule has 0 aliphatic carbocycles. The van der Waals surface area contributed by atoms with Crippen molar-refractivity contribution in [2.45, 2.75) is 20.8 Å². The summed E-state index contributed by atoms with van der Waals surface area (Å²) in [5, 5.41) is 11.9. The van der Waals surface area contributed by atoms with Crippen LogP contribution in [0.1, 0.15) is 27.0 Å². The minimum Gasteiger partial charge on any atom is -0.308 e. The maximum Gasteiger partial charge on any atom is 0.273 e. The number of nitrogens with zero attached hydrogens (tertiary/aromatic N) is 4. The van der Waals surface area contributed by atoms with Gasteiger partial charge in [0.05, 0.1) is 15.1 Å². The Morgan fingerprint density at radius 2 is 1.87 bits per heavy atom. The van der Waals surface area contributed by atoms with E-state index in [0.29, 0.717) is 29.3 Å². The van der Waals surface area contributed by atoms with Gasteiger partial charge in [0.25, 0.3) is 11.6 Å². The van der Waals surface area contributed by atoms with Gasteiger partial charge in [0.1, 0.15) is 0 Å². The predicted octanol–water partition coefficient (Wildman–Crippen LogP) is 4.76. The van der Waals surface area contributed by atoms with E-state index in [1.54, 1.807) is 24.0 Å². The first-order chi connectivity index (χ1) is 13.7. The van der Waals surface area contributed by atoms with Gasteiger partial charge in [-0.05, 0) is 58.1 Å². The molecule has 0 N–H and O–H groups in total. The van der Waals surface area contributed by atoms with Crippen LogP contribution >= 0.6 is 23.7 Å². The molecule has 9 heteroatoms. The smallest absolute Gasteiger partial charge is 0.273 e. The molecule has 1 amide bonds. The number of likely N-dealkylation sites (N-methyl/N-ethyl adjacent to an activating group) is 1. The summed E-state index contributed by atoms with van der Waals surface area (Å²) < 4.78 is 1.02. The number of hydrogen-bond donors (Lipinski definition) is 0. The normalized spacial score (nSPS) is 10.9. The van der Waals surface area contributed by atoms with Gasteiger partial charge in [0.15, 0.2) is 5.13 Å². The maximum absolute atomic E-state index is 13.4. The van der Waals surface area contributed by atoms with E-state index >= 15 is 0 Å². The molecule has 160 valence electrons. The van der Waals surface area contributed by atoms with Crippen molar-refractivity contribution >= 4 is 50.7 Å². The largest absolute Gasteiger partial charge is 0.308 e. The molecule has 0 radical (unpaired) electrons. The lowest BCUT2D eigenvalue weighted by molar-refractivity contribution is -0.385. The lowest BCUT2D eigenvalue weighted by Gasteiger charge is -2.22. The standard InChI is InChI=1S/C21H24N4O3S.ClH/c1-13-11-14(2)19-18(12-13)29-21(22-19)24(10-9-23(4)5)20(26)16-7-6-8-17(15(16)3)25(27)28;/h6-8,11-12H,9-10H2,1-5H3;1H. The Hall–Kier alpha value is -2.55. The van der Waals surface area contributed by atoms with Crippen LogP contribution in [0.2, 0.25) is 0 Å². The first-order valence-corrected chi connectivity index (χ1v) is 10.1. The minimum absolute atomic E-state index is 0. The van der Waals surface area contributed by atoms with Gasteiger partial charge in [0, 0.05) is 30.3 Å². The number of carbonyl (C=O) groups excluding carboxylic acids is 1. The third-order valence-corrected chi connectivity index (χ3v) is 5.82. The van der Waals surface area contributed by atoms with Crippen LogP contribution in [0.25, 0.3) is 10.2 Å². The van der Waals surface area contributed by atoms with Crippen LogP contribution in [0.4, 0.5) is 10.8 Å². The quantitative estimate of drug-likeness (QED) is 0.401. The molecular weight excluding hydrogens is 424 g/mol. The molecule has 2 aromatic carbocycles. The van der Waals surface area contributed by atoms with E-state index in [1.165, 1.54) is 17.4 Å². The number of hydrogen-bond acceptors (Lipinski definition) is 6. The number of nitro benzene ring substituents is 1. The van der Waals surface area contributed by atoms with Crippen molar-refractivity contribution < 1.29 is 9.72 Å². The summed E-state index contributed by atoms with van der Waals surface area (Å²) in [4.78, 5) is 32.6. The number of nitro groups is 1. The van der Waals surface area contributed by atoms with Crippen molar-refractivity contribution in [2.75, 3.05) is 32.1 Å². The number of halogens is 1. The first-order valence-electron chi connectivity index (χ1n) is 9.27. The van der Waals surface area contributed by atoms with E-state index < -0.39 is 4.92 Å². The molecule has 30 heavy (non-hydrogen) atoms. The van der Waals surface area contributed by atoms with Crippen molar-refractivity contribution in [3.8, 4) is 0 Å². The molecule has 0 atom stereocenters. The molecule has 0 unspecified atom stereocenters. The van der Waals surface area contributed by atoms with Crippen LogP contribution in [-0.2, 0) is 0 Å².